The zero-order chi connectivity index (χ0) is 19.9. The zero-order valence-electron chi connectivity index (χ0n) is 14.0. The zero-order valence-corrected chi connectivity index (χ0v) is 14.0. The summed E-state index contributed by atoms with van der Waals surface area (Å²) in [5, 5.41) is 5.11. The lowest BCUT2D eigenvalue weighted by atomic mass is 10.1. The molecule has 0 atom stereocenters. The lowest BCUT2D eigenvalue weighted by Crippen LogP contribution is -2.25. The van der Waals surface area contributed by atoms with Crippen LogP contribution < -0.4 is 15.4 Å². The van der Waals surface area contributed by atoms with Crippen molar-refractivity contribution in [3.05, 3.63) is 59.7 Å². The molecule has 0 heterocycles. The average molecular weight is 376 g/mol. The van der Waals surface area contributed by atoms with Crippen LogP contribution >= 0.6 is 0 Å². The summed E-state index contributed by atoms with van der Waals surface area (Å²) in [5.74, 6) is 1.04. The van der Waals surface area contributed by atoms with Gasteiger partial charge in [-0.2, -0.15) is 0 Å². The first-order chi connectivity index (χ1) is 12.8. The van der Waals surface area contributed by atoms with Gasteiger partial charge in [-0.05, 0) is 29.8 Å². The Morgan fingerprint density at radius 1 is 1.07 bits per heavy atom. The maximum atomic E-state index is 12.2. The third kappa shape index (κ3) is 6.40. The van der Waals surface area contributed by atoms with Gasteiger partial charge in [-0.3, -0.25) is 9.59 Å². The van der Waals surface area contributed by atoms with Gasteiger partial charge in [-0.25, -0.2) is 0 Å². The molecule has 0 aromatic heterocycles. The van der Waals surface area contributed by atoms with Crippen molar-refractivity contribution in [1.82, 2.24) is 5.32 Å². The molecule has 140 valence electrons. The summed E-state index contributed by atoms with van der Waals surface area (Å²) < 4.78 is 40.2. The number of rotatable bonds is 6. The average Bonchev–Trinajstić information content (AvgIpc) is 2.60. The van der Waals surface area contributed by atoms with Gasteiger partial charge in [-0.1, -0.05) is 30.2 Å². The highest BCUT2D eigenvalue weighted by Crippen LogP contribution is 2.23. The quantitative estimate of drug-likeness (QED) is 0.762. The minimum atomic E-state index is -4.78. The van der Waals surface area contributed by atoms with Crippen LogP contribution in [0, 0.1) is 12.3 Å². The minimum absolute atomic E-state index is 0.0491. The highest BCUT2D eigenvalue weighted by Gasteiger charge is 2.30. The van der Waals surface area contributed by atoms with Gasteiger partial charge >= 0.3 is 6.36 Å². The van der Waals surface area contributed by atoms with Crippen molar-refractivity contribution in [3.63, 3.8) is 0 Å². The predicted molar refractivity (Wildman–Crippen MR) is 93.1 cm³/mol. The lowest BCUT2D eigenvalue weighted by Gasteiger charge is -2.11. The summed E-state index contributed by atoms with van der Waals surface area (Å²) in [6, 6.07) is 11.3. The summed E-state index contributed by atoms with van der Waals surface area (Å²) in [5.41, 5.74) is 1.03. The van der Waals surface area contributed by atoms with Gasteiger partial charge in [0.05, 0.1) is 24.2 Å². The molecule has 0 saturated carbocycles. The molecule has 0 radical (unpaired) electrons. The fourth-order valence-corrected chi connectivity index (χ4v) is 2.21. The normalized spacial score (nSPS) is 10.6. The molecule has 0 bridgehead atoms. The molecule has 2 aromatic rings. The molecule has 8 heteroatoms. The number of hydrogen-bond donors (Lipinski definition) is 2. The van der Waals surface area contributed by atoms with E-state index in [9.17, 15) is 22.8 Å². The third-order valence-electron chi connectivity index (χ3n) is 3.32. The van der Waals surface area contributed by atoms with Gasteiger partial charge in [0.1, 0.15) is 5.75 Å². The van der Waals surface area contributed by atoms with E-state index in [0.29, 0.717) is 11.3 Å². The Bertz CT molecular complexity index is 856. The number of ether oxygens (including phenoxy) is 1. The topological polar surface area (TPSA) is 67.4 Å². The van der Waals surface area contributed by atoms with Crippen LogP contribution in [-0.2, 0) is 11.2 Å². The Labute approximate surface area is 153 Å². The van der Waals surface area contributed by atoms with Crippen LogP contribution in [0.5, 0.6) is 5.75 Å². The summed E-state index contributed by atoms with van der Waals surface area (Å²) in [6.45, 7) is 0.0491. The summed E-state index contributed by atoms with van der Waals surface area (Å²) in [4.78, 5) is 24.3. The molecule has 2 amide bonds. The molecule has 0 fully saturated rings. The number of hydrogen-bond acceptors (Lipinski definition) is 3. The smallest absolute Gasteiger partial charge is 0.406 e. The molecule has 2 aromatic carbocycles. The van der Waals surface area contributed by atoms with Crippen molar-refractivity contribution in [1.29, 1.82) is 0 Å². The van der Waals surface area contributed by atoms with Crippen LogP contribution in [-0.4, -0.2) is 24.7 Å². The minimum Gasteiger partial charge on any atom is -0.406 e. The first-order valence-corrected chi connectivity index (χ1v) is 7.74. The van der Waals surface area contributed by atoms with E-state index >= 15 is 0 Å². The van der Waals surface area contributed by atoms with Crippen LogP contribution in [0.15, 0.2) is 48.5 Å². The summed E-state index contributed by atoms with van der Waals surface area (Å²) in [6.07, 6.45) is 0.232. The largest absolute Gasteiger partial charge is 0.573 e. The number of halogens is 3. The van der Waals surface area contributed by atoms with Crippen molar-refractivity contribution in [2.24, 2.45) is 0 Å². The molecule has 0 spiro atoms. The van der Waals surface area contributed by atoms with Crippen LogP contribution in [0.25, 0.3) is 0 Å². The van der Waals surface area contributed by atoms with Gasteiger partial charge in [0.2, 0.25) is 5.91 Å². The third-order valence-corrected chi connectivity index (χ3v) is 3.32. The maximum absolute atomic E-state index is 12.2. The highest BCUT2D eigenvalue weighted by atomic mass is 19.4. The number of carbonyl (C=O) groups excluding carboxylic acids is 2. The van der Waals surface area contributed by atoms with E-state index in [-0.39, 0.29) is 24.3 Å². The molecule has 27 heavy (non-hydrogen) atoms. The van der Waals surface area contributed by atoms with Gasteiger partial charge in [-0.15, -0.1) is 19.6 Å². The van der Waals surface area contributed by atoms with E-state index in [1.807, 2.05) is 0 Å². The fourth-order valence-electron chi connectivity index (χ4n) is 2.21. The molecule has 0 aliphatic heterocycles. The second-order valence-electron chi connectivity index (χ2n) is 5.35. The number of carbonyl (C=O) groups is 2. The summed E-state index contributed by atoms with van der Waals surface area (Å²) in [7, 11) is 0. The van der Waals surface area contributed by atoms with Gasteiger partial charge in [0.15, 0.2) is 0 Å². The number of amides is 2. The van der Waals surface area contributed by atoms with Crippen molar-refractivity contribution in [3.8, 4) is 18.1 Å². The number of para-hydroxylation sites is 1. The van der Waals surface area contributed by atoms with Crippen LogP contribution in [0.2, 0.25) is 0 Å². The first kappa shape index (κ1) is 19.8. The van der Waals surface area contributed by atoms with Crippen molar-refractivity contribution in [2.75, 3.05) is 11.9 Å². The molecule has 0 saturated heterocycles. The number of alkyl halides is 3. The monoisotopic (exact) mass is 376 g/mol. The Morgan fingerprint density at radius 3 is 2.37 bits per heavy atom. The van der Waals surface area contributed by atoms with E-state index in [4.69, 9.17) is 6.42 Å². The van der Waals surface area contributed by atoms with Gasteiger partial charge < -0.3 is 15.4 Å². The lowest BCUT2D eigenvalue weighted by molar-refractivity contribution is -0.274. The van der Waals surface area contributed by atoms with E-state index < -0.39 is 18.2 Å². The van der Waals surface area contributed by atoms with E-state index in [2.05, 4.69) is 21.3 Å². The van der Waals surface area contributed by atoms with Crippen LogP contribution in [0.1, 0.15) is 15.9 Å². The van der Waals surface area contributed by atoms with Crippen LogP contribution in [0.4, 0.5) is 18.9 Å². The molecule has 0 aliphatic carbocycles. The molecule has 0 aliphatic rings. The second-order valence-corrected chi connectivity index (χ2v) is 5.35. The highest BCUT2D eigenvalue weighted by molar-refractivity contribution is 6.04. The molecular formula is C19H15F3N2O3. The van der Waals surface area contributed by atoms with E-state index in [1.54, 1.807) is 18.2 Å². The maximum Gasteiger partial charge on any atom is 0.573 e. The van der Waals surface area contributed by atoms with Crippen LogP contribution in [0.3, 0.4) is 0 Å². The van der Waals surface area contributed by atoms with Gasteiger partial charge in [0.25, 0.3) is 5.91 Å². The molecular weight excluding hydrogens is 361 g/mol. The predicted octanol–water partition coefficient (Wildman–Crippen LogP) is 3.13. The number of terminal acetylenes is 1. The van der Waals surface area contributed by atoms with Crippen molar-refractivity contribution >= 4 is 17.5 Å². The Morgan fingerprint density at radius 2 is 1.74 bits per heavy atom. The number of nitrogens with one attached hydrogen (secondary N) is 2. The molecule has 5 nitrogen and oxygen atoms in total. The standard InChI is InChI=1S/C19H15F3N2O3/c1-2-11-23-18(26)15-5-3-4-6-16(15)24-17(25)12-13-7-9-14(10-8-13)27-19(20,21)22/h1,3-10H,11-12H2,(H,23,26)(H,24,25). The number of benzene rings is 2. The first-order valence-electron chi connectivity index (χ1n) is 7.74. The van der Waals surface area contributed by atoms with Crippen molar-refractivity contribution in [2.45, 2.75) is 12.8 Å². The SMILES string of the molecule is C#CCNC(=O)c1ccccc1NC(=O)Cc1ccc(OC(F)(F)F)cc1. The Hall–Kier alpha value is -3.47. The molecule has 2 N–H and O–H groups in total. The number of anilines is 1. The Balaban J connectivity index is 2.02. The fraction of sp³-hybridized carbons (Fsp3) is 0.158. The Kier molecular flexibility index (Phi) is 6.44. The van der Waals surface area contributed by atoms with E-state index in [1.165, 1.54) is 18.2 Å². The molecule has 0 unspecified atom stereocenters. The van der Waals surface area contributed by atoms with Gasteiger partial charge in [0, 0.05) is 0 Å². The summed E-state index contributed by atoms with van der Waals surface area (Å²) >= 11 is 0. The van der Waals surface area contributed by atoms with Crippen molar-refractivity contribution < 1.29 is 27.5 Å². The second kappa shape index (κ2) is 8.76. The van der Waals surface area contributed by atoms with E-state index in [0.717, 1.165) is 12.1 Å². The molecule has 2 rings (SSSR count).